The summed E-state index contributed by atoms with van der Waals surface area (Å²) in [6, 6.07) is 8.70. The fourth-order valence-corrected chi connectivity index (χ4v) is 4.11. The summed E-state index contributed by atoms with van der Waals surface area (Å²) >= 11 is 1.30. The van der Waals surface area contributed by atoms with Crippen molar-refractivity contribution in [1.29, 1.82) is 0 Å². The summed E-state index contributed by atoms with van der Waals surface area (Å²) in [4.78, 5) is 29.1. The Morgan fingerprint density at radius 3 is 2.47 bits per heavy atom. The van der Waals surface area contributed by atoms with Gasteiger partial charge in [-0.15, -0.1) is 11.3 Å². The van der Waals surface area contributed by atoms with Crippen LogP contribution in [0.25, 0.3) is 11.3 Å². The summed E-state index contributed by atoms with van der Waals surface area (Å²) in [5, 5.41) is 7.88. The number of hydrogen-bond acceptors (Lipinski definition) is 8. The van der Waals surface area contributed by atoms with Crippen LogP contribution in [0.5, 0.6) is 23.0 Å². The van der Waals surface area contributed by atoms with Gasteiger partial charge in [0, 0.05) is 16.5 Å². The molecule has 0 saturated carbocycles. The van der Waals surface area contributed by atoms with Crippen molar-refractivity contribution in [1.82, 2.24) is 4.98 Å². The molecule has 0 spiro atoms. The van der Waals surface area contributed by atoms with Crippen LogP contribution < -0.4 is 29.6 Å². The summed E-state index contributed by atoms with van der Waals surface area (Å²) in [5.41, 5.74) is 2.41. The summed E-state index contributed by atoms with van der Waals surface area (Å²) in [5.74, 6) is 1.42. The molecule has 1 aromatic heterocycles. The monoisotopic (exact) mass is 483 g/mol. The van der Waals surface area contributed by atoms with E-state index in [9.17, 15) is 9.59 Å². The zero-order chi connectivity index (χ0) is 24.1. The van der Waals surface area contributed by atoms with E-state index in [0.29, 0.717) is 64.9 Å². The maximum absolute atomic E-state index is 13.0. The minimum atomic E-state index is -0.350. The number of carbonyl (C=O) groups excluding carboxylic acids is 2. The molecule has 0 bridgehead atoms. The van der Waals surface area contributed by atoms with Gasteiger partial charge in [0.25, 0.3) is 11.8 Å². The van der Waals surface area contributed by atoms with Crippen molar-refractivity contribution in [3.05, 3.63) is 41.3 Å². The van der Waals surface area contributed by atoms with Gasteiger partial charge < -0.3 is 24.3 Å². The lowest BCUT2D eigenvalue weighted by Gasteiger charge is -2.18. The van der Waals surface area contributed by atoms with Crippen LogP contribution in [-0.2, 0) is 4.79 Å². The summed E-state index contributed by atoms with van der Waals surface area (Å²) < 4.78 is 22.5. The molecule has 2 N–H and O–H groups in total. The number of thiazole rings is 1. The number of rotatable bonds is 9. The van der Waals surface area contributed by atoms with Crippen molar-refractivity contribution >= 4 is 34.0 Å². The van der Waals surface area contributed by atoms with Gasteiger partial charge in [-0.2, -0.15) is 0 Å². The molecular formula is C24H25N3O6S. The Bertz CT molecular complexity index is 1180. The SMILES string of the molecule is CCOc1cc(C(=O)Nc2nc(-c3ccc4c(c3)NC(=O)CO4)cs2)cc(OCC)c1OCC. The predicted molar refractivity (Wildman–Crippen MR) is 130 cm³/mol. The van der Waals surface area contributed by atoms with Gasteiger partial charge in [0.1, 0.15) is 5.75 Å². The molecule has 2 heterocycles. The number of anilines is 2. The molecule has 10 heteroatoms. The van der Waals surface area contributed by atoms with Crippen LogP contribution in [0.15, 0.2) is 35.7 Å². The highest BCUT2D eigenvalue weighted by Crippen LogP contribution is 2.39. The van der Waals surface area contributed by atoms with E-state index < -0.39 is 0 Å². The van der Waals surface area contributed by atoms with Crippen molar-refractivity contribution < 1.29 is 28.5 Å². The number of benzene rings is 2. The van der Waals surface area contributed by atoms with Gasteiger partial charge in [0.15, 0.2) is 23.2 Å². The van der Waals surface area contributed by atoms with Crippen LogP contribution in [0.2, 0.25) is 0 Å². The number of carbonyl (C=O) groups is 2. The van der Waals surface area contributed by atoms with Crippen molar-refractivity contribution in [3.63, 3.8) is 0 Å². The zero-order valence-corrected chi connectivity index (χ0v) is 19.9. The van der Waals surface area contributed by atoms with Gasteiger partial charge in [-0.25, -0.2) is 4.98 Å². The predicted octanol–water partition coefficient (Wildman–Crippen LogP) is 4.59. The zero-order valence-electron chi connectivity index (χ0n) is 19.1. The van der Waals surface area contributed by atoms with Crippen molar-refractivity contribution in [2.45, 2.75) is 20.8 Å². The number of nitrogens with zero attached hydrogens (tertiary/aromatic N) is 1. The van der Waals surface area contributed by atoms with Crippen molar-refractivity contribution in [2.24, 2.45) is 0 Å². The Hall–Kier alpha value is -3.79. The molecule has 0 aliphatic carbocycles. The van der Waals surface area contributed by atoms with E-state index in [1.165, 1.54) is 11.3 Å². The summed E-state index contributed by atoms with van der Waals surface area (Å²) in [7, 11) is 0. The number of aromatic nitrogens is 1. The molecule has 4 rings (SSSR count). The average Bonchev–Trinajstić information content (AvgIpc) is 3.29. The van der Waals surface area contributed by atoms with E-state index >= 15 is 0 Å². The fourth-order valence-electron chi connectivity index (χ4n) is 3.40. The van der Waals surface area contributed by atoms with Gasteiger partial charge in [-0.3, -0.25) is 14.9 Å². The van der Waals surface area contributed by atoms with Gasteiger partial charge in [-0.1, -0.05) is 0 Å². The molecule has 1 aliphatic heterocycles. The van der Waals surface area contributed by atoms with Crippen molar-refractivity contribution in [2.75, 3.05) is 37.1 Å². The largest absolute Gasteiger partial charge is 0.490 e. The Morgan fingerprint density at radius 1 is 1.09 bits per heavy atom. The van der Waals surface area contributed by atoms with Crippen LogP contribution in [0.3, 0.4) is 0 Å². The topological polar surface area (TPSA) is 108 Å². The lowest BCUT2D eigenvalue weighted by Crippen LogP contribution is -2.25. The Balaban J connectivity index is 1.56. The molecule has 3 aromatic rings. The van der Waals surface area contributed by atoms with Crippen LogP contribution >= 0.6 is 11.3 Å². The van der Waals surface area contributed by atoms with E-state index in [1.54, 1.807) is 24.3 Å². The second-order valence-corrected chi connectivity index (χ2v) is 8.00. The number of fused-ring (bicyclic) bond motifs is 1. The maximum atomic E-state index is 13.0. The summed E-state index contributed by atoms with van der Waals surface area (Å²) in [6.07, 6.45) is 0. The number of amides is 2. The number of hydrogen-bond donors (Lipinski definition) is 2. The first-order valence-electron chi connectivity index (χ1n) is 10.9. The van der Waals surface area contributed by atoms with Crippen LogP contribution in [-0.4, -0.2) is 43.2 Å². The normalized spacial score (nSPS) is 12.3. The van der Waals surface area contributed by atoms with Gasteiger partial charge in [-0.05, 0) is 51.1 Å². The first-order chi connectivity index (χ1) is 16.5. The Morgan fingerprint density at radius 2 is 1.79 bits per heavy atom. The molecule has 0 fully saturated rings. The standard InChI is InChI=1S/C24H25N3O6S/c1-4-30-19-10-15(11-20(31-5-2)22(19)32-6-3)23(29)27-24-26-17(13-34-24)14-7-8-18-16(9-14)25-21(28)12-33-18/h7-11,13H,4-6,12H2,1-3H3,(H,25,28)(H,26,27,29). The van der Waals surface area contributed by atoms with Gasteiger partial charge >= 0.3 is 0 Å². The molecule has 0 radical (unpaired) electrons. The second kappa shape index (κ2) is 10.4. The van der Waals surface area contributed by atoms with E-state index in [-0.39, 0.29) is 18.4 Å². The third-order valence-electron chi connectivity index (χ3n) is 4.80. The third kappa shape index (κ3) is 5.07. The van der Waals surface area contributed by atoms with Crippen molar-refractivity contribution in [3.8, 4) is 34.3 Å². The quantitative estimate of drug-likeness (QED) is 0.458. The first-order valence-corrected chi connectivity index (χ1v) is 11.8. The molecular weight excluding hydrogens is 458 g/mol. The average molecular weight is 484 g/mol. The third-order valence-corrected chi connectivity index (χ3v) is 5.56. The minimum absolute atomic E-state index is 0.000791. The highest BCUT2D eigenvalue weighted by molar-refractivity contribution is 7.14. The minimum Gasteiger partial charge on any atom is -0.490 e. The van der Waals surface area contributed by atoms with Gasteiger partial charge in [0.2, 0.25) is 5.75 Å². The summed E-state index contributed by atoms with van der Waals surface area (Å²) in [6.45, 7) is 6.86. The van der Waals surface area contributed by atoms with E-state index in [1.807, 2.05) is 32.2 Å². The van der Waals surface area contributed by atoms with E-state index in [0.717, 1.165) is 5.56 Å². The first kappa shape index (κ1) is 23.4. The highest BCUT2D eigenvalue weighted by atomic mass is 32.1. The van der Waals surface area contributed by atoms with Crippen LogP contribution in [0.4, 0.5) is 10.8 Å². The number of ether oxygens (including phenoxy) is 4. The molecule has 2 aromatic carbocycles. The molecule has 9 nitrogen and oxygen atoms in total. The molecule has 178 valence electrons. The molecule has 34 heavy (non-hydrogen) atoms. The highest BCUT2D eigenvalue weighted by Gasteiger charge is 2.20. The lowest BCUT2D eigenvalue weighted by molar-refractivity contribution is -0.118. The van der Waals surface area contributed by atoms with Crippen LogP contribution in [0.1, 0.15) is 31.1 Å². The number of nitrogens with one attached hydrogen (secondary N) is 2. The molecule has 2 amide bonds. The smallest absolute Gasteiger partial charge is 0.262 e. The molecule has 1 aliphatic rings. The van der Waals surface area contributed by atoms with Gasteiger partial charge in [0.05, 0.1) is 31.2 Å². The lowest BCUT2D eigenvalue weighted by atomic mass is 10.1. The molecule has 0 unspecified atom stereocenters. The van der Waals surface area contributed by atoms with Crippen LogP contribution in [0, 0.1) is 0 Å². The second-order valence-electron chi connectivity index (χ2n) is 7.14. The van der Waals surface area contributed by atoms with E-state index in [2.05, 4.69) is 15.6 Å². The Kier molecular flexibility index (Phi) is 7.17. The fraction of sp³-hybridized carbons (Fsp3) is 0.292. The molecule has 0 saturated heterocycles. The maximum Gasteiger partial charge on any atom is 0.262 e. The Labute approximate surface area is 201 Å². The molecule has 0 atom stereocenters. The van der Waals surface area contributed by atoms with E-state index in [4.69, 9.17) is 18.9 Å².